The minimum absolute atomic E-state index is 0.101. The van der Waals surface area contributed by atoms with Gasteiger partial charge in [0.25, 0.3) is 0 Å². The summed E-state index contributed by atoms with van der Waals surface area (Å²) < 4.78 is 22.7. The molecule has 0 unspecified atom stereocenters. The zero-order valence-electron chi connectivity index (χ0n) is 6.86. The summed E-state index contributed by atoms with van der Waals surface area (Å²) in [4.78, 5) is 3.80. The van der Waals surface area contributed by atoms with E-state index >= 15 is 0 Å². The summed E-state index contributed by atoms with van der Waals surface area (Å²) in [5.74, 6) is 0.101. The van der Waals surface area contributed by atoms with Crippen molar-refractivity contribution in [3.63, 3.8) is 0 Å². The molecule has 1 rings (SSSR count). The lowest BCUT2D eigenvalue weighted by Crippen LogP contribution is -2.02. The van der Waals surface area contributed by atoms with Crippen molar-refractivity contribution in [1.82, 2.24) is 4.98 Å². The van der Waals surface area contributed by atoms with E-state index in [1.807, 2.05) is 0 Å². The molecule has 12 heavy (non-hydrogen) atoms. The standard InChI is InChI=1S/C6H10N2O2S2/c1-3-12(9,10)6-8-4-5(7-2)11-6/h4,7H,3H2,1-2H3. The van der Waals surface area contributed by atoms with E-state index in [4.69, 9.17) is 0 Å². The predicted molar refractivity (Wildman–Crippen MR) is 49.4 cm³/mol. The van der Waals surface area contributed by atoms with E-state index < -0.39 is 9.84 Å². The lowest BCUT2D eigenvalue weighted by molar-refractivity contribution is 0.596. The molecule has 0 spiro atoms. The second-order valence-electron chi connectivity index (χ2n) is 2.14. The summed E-state index contributed by atoms with van der Waals surface area (Å²) in [7, 11) is -1.39. The molecule has 1 heterocycles. The molecule has 4 nitrogen and oxygen atoms in total. The molecule has 0 bridgehead atoms. The fourth-order valence-corrected chi connectivity index (χ4v) is 2.73. The molecule has 68 valence electrons. The summed E-state index contributed by atoms with van der Waals surface area (Å²) in [6.45, 7) is 1.61. The first-order valence-corrected chi connectivity index (χ1v) is 5.93. The molecule has 0 atom stereocenters. The highest BCUT2D eigenvalue weighted by molar-refractivity contribution is 7.93. The normalized spacial score (nSPS) is 11.5. The van der Waals surface area contributed by atoms with Gasteiger partial charge >= 0.3 is 0 Å². The Hall–Kier alpha value is -0.620. The molecule has 1 N–H and O–H groups in total. The van der Waals surface area contributed by atoms with Gasteiger partial charge < -0.3 is 5.32 Å². The van der Waals surface area contributed by atoms with Gasteiger partial charge in [0.15, 0.2) is 0 Å². The monoisotopic (exact) mass is 206 g/mol. The zero-order chi connectivity index (χ0) is 9.19. The number of sulfone groups is 1. The number of hydrogen-bond acceptors (Lipinski definition) is 5. The molecule has 0 amide bonds. The molecule has 6 heteroatoms. The number of nitrogens with one attached hydrogen (secondary N) is 1. The van der Waals surface area contributed by atoms with E-state index in [0.29, 0.717) is 0 Å². The number of thiazole rings is 1. The van der Waals surface area contributed by atoms with E-state index in [9.17, 15) is 8.42 Å². The first-order chi connectivity index (χ1) is 5.60. The molecule has 1 aromatic heterocycles. The van der Waals surface area contributed by atoms with Crippen LogP contribution in [0, 0.1) is 0 Å². The summed E-state index contributed by atoms with van der Waals surface area (Å²) in [6, 6.07) is 0. The number of aromatic nitrogens is 1. The van der Waals surface area contributed by atoms with Crippen LogP contribution in [0.25, 0.3) is 0 Å². The van der Waals surface area contributed by atoms with Crippen LogP contribution in [0.2, 0.25) is 0 Å². The largest absolute Gasteiger partial charge is 0.379 e. The smallest absolute Gasteiger partial charge is 0.211 e. The Balaban J connectivity index is 3.05. The van der Waals surface area contributed by atoms with Gasteiger partial charge in [-0.1, -0.05) is 18.3 Å². The summed E-state index contributed by atoms with van der Waals surface area (Å²) in [6.07, 6.45) is 1.52. The van der Waals surface area contributed by atoms with Gasteiger partial charge in [-0.05, 0) is 0 Å². The van der Waals surface area contributed by atoms with E-state index in [1.54, 1.807) is 14.0 Å². The lowest BCUT2D eigenvalue weighted by atomic mass is 10.8. The summed E-state index contributed by atoms with van der Waals surface area (Å²) in [5.41, 5.74) is 0. The number of rotatable bonds is 3. The number of anilines is 1. The Bertz CT molecular complexity index is 355. The van der Waals surface area contributed by atoms with Gasteiger partial charge in [-0.2, -0.15) is 0 Å². The lowest BCUT2D eigenvalue weighted by Gasteiger charge is -1.92. The van der Waals surface area contributed by atoms with Crippen molar-refractivity contribution < 1.29 is 8.42 Å². The highest BCUT2D eigenvalue weighted by Gasteiger charge is 2.15. The van der Waals surface area contributed by atoms with E-state index in [1.165, 1.54) is 6.20 Å². The van der Waals surface area contributed by atoms with Crippen LogP contribution < -0.4 is 5.32 Å². The molecular weight excluding hydrogens is 196 g/mol. The van der Waals surface area contributed by atoms with Crippen LogP contribution in [0.1, 0.15) is 6.92 Å². The fraction of sp³-hybridized carbons (Fsp3) is 0.500. The highest BCUT2D eigenvalue weighted by Crippen LogP contribution is 2.22. The van der Waals surface area contributed by atoms with Crippen molar-refractivity contribution in [1.29, 1.82) is 0 Å². The molecule has 0 aromatic carbocycles. The average Bonchev–Trinajstić information content (AvgIpc) is 2.52. The van der Waals surface area contributed by atoms with Crippen LogP contribution in [0.5, 0.6) is 0 Å². The molecule has 0 radical (unpaired) electrons. The van der Waals surface area contributed by atoms with Crippen LogP contribution in [-0.4, -0.2) is 26.2 Å². The topological polar surface area (TPSA) is 59.1 Å². The van der Waals surface area contributed by atoms with Crippen molar-refractivity contribution in [2.24, 2.45) is 0 Å². The highest BCUT2D eigenvalue weighted by atomic mass is 32.2. The van der Waals surface area contributed by atoms with Gasteiger partial charge in [0.1, 0.15) is 5.00 Å². The van der Waals surface area contributed by atoms with E-state index in [0.717, 1.165) is 16.3 Å². The molecule has 0 aliphatic carbocycles. The second-order valence-corrected chi connectivity index (χ2v) is 5.63. The first-order valence-electron chi connectivity index (χ1n) is 3.46. The third-order valence-corrected chi connectivity index (χ3v) is 4.60. The van der Waals surface area contributed by atoms with Gasteiger partial charge in [-0.15, -0.1) is 0 Å². The quantitative estimate of drug-likeness (QED) is 0.801. The van der Waals surface area contributed by atoms with Crippen molar-refractivity contribution in [3.05, 3.63) is 6.20 Å². The Morgan fingerprint density at radius 2 is 2.33 bits per heavy atom. The first kappa shape index (κ1) is 9.47. The summed E-state index contributed by atoms with van der Waals surface area (Å²) in [5, 5.41) is 3.60. The van der Waals surface area contributed by atoms with Gasteiger partial charge in [0.05, 0.1) is 11.9 Å². The van der Waals surface area contributed by atoms with E-state index in [2.05, 4.69) is 10.3 Å². The van der Waals surface area contributed by atoms with Crippen LogP contribution in [0.3, 0.4) is 0 Å². The Morgan fingerprint density at radius 1 is 1.67 bits per heavy atom. The molecular formula is C6H10N2O2S2. The number of hydrogen-bond donors (Lipinski definition) is 1. The van der Waals surface area contributed by atoms with Crippen molar-refractivity contribution in [2.75, 3.05) is 18.1 Å². The fourth-order valence-electron chi connectivity index (χ4n) is 0.641. The Kier molecular flexibility index (Phi) is 2.69. The van der Waals surface area contributed by atoms with E-state index in [-0.39, 0.29) is 10.1 Å². The Labute approximate surface area is 75.6 Å². The van der Waals surface area contributed by atoms with Crippen molar-refractivity contribution in [2.45, 2.75) is 11.3 Å². The maximum absolute atomic E-state index is 11.3. The number of nitrogens with zero attached hydrogens (tertiary/aromatic N) is 1. The third-order valence-electron chi connectivity index (χ3n) is 1.38. The van der Waals surface area contributed by atoms with Crippen LogP contribution in [-0.2, 0) is 9.84 Å². The van der Waals surface area contributed by atoms with Crippen LogP contribution >= 0.6 is 11.3 Å². The zero-order valence-corrected chi connectivity index (χ0v) is 8.50. The van der Waals surface area contributed by atoms with Gasteiger partial charge in [-0.3, -0.25) is 0 Å². The van der Waals surface area contributed by atoms with Crippen LogP contribution in [0.15, 0.2) is 10.5 Å². The molecule has 1 aromatic rings. The van der Waals surface area contributed by atoms with Gasteiger partial charge in [0, 0.05) is 7.05 Å². The molecule has 0 aliphatic heterocycles. The molecule has 0 saturated heterocycles. The molecule has 0 saturated carbocycles. The van der Waals surface area contributed by atoms with Gasteiger partial charge in [-0.25, -0.2) is 13.4 Å². The second kappa shape index (κ2) is 3.40. The maximum atomic E-state index is 11.3. The van der Waals surface area contributed by atoms with Crippen molar-refractivity contribution >= 4 is 26.2 Å². The minimum Gasteiger partial charge on any atom is -0.379 e. The predicted octanol–water partition coefficient (Wildman–Crippen LogP) is 0.978. The maximum Gasteiger partial charge on any atom is 0.211 e. The molecule has 0 fully saturated rings. The summed E-state index contributed by atoms with van der Waals surface area (Å²) >= 11 is 1.15. The van der Waals surface area contributed by atoms with Crippen molar-refractivity contribution in [3.8, 4) is 0 Å². The molecule has 0 aliphatic rings. The van der Waals surface area contributed by atoms with Crippen LogP contribution in [0.4, 0.5) is 5.00 Å². The third kappa shape index (κ3) is 1.75. The van der Waals surface area contributed by atoms with Gasteiger partial charge in [0.2, 0.25) is 14.2 Å². The SMILES string of the molecule is CCS(=O)(=O)c1ncc(NC)s1. The Morgan fingerprint density at radius 3 is 2.75 bits per heavy atom. The minimum atomic E-state index is -3.12. The average molecular weight is 206 g/mol.